The number of rotatable bonds is 6. The van der Waals surface area contributed by atoms with E-state index in [1.54, 1.807) is 7.05 Å². The van der Waals surface area contributed by atoms with Crippen molar-refractivity contribution in [1.29, 1.82) is 0 Å². The van der Waals surface area contributed by atoms with E-state index < -0.39 is 25.9 Å². The lowest BCUT2D eigenvalue weighted by molar-refractivity contribution is 0.564. The highest BCUT2D eigenvalue weighted by atomic mass is 32.2. The Morgan fingerprint density at radius 2 is 1.95 bits per heavy atom. The van der Waals surface area contributed by atoms with Crippen LogP contribution in [0.3, 0.4) is 0 Å². The van der Waals surface area contributed by atoms with Crippen LogP contribution in [0.1, 0.15) is 6.92 Å². The molecular weight excluding hydrogens is 290 g/mol. The van der Waals surface area contributed by atoms with Crippen LogP contribution in [0.4, 0.5) is 5.82 Å². The largest absolute Gasteiger partial charge is 0.372 e. The van der Waals surface area contributed by atoms with Crippen molar-refractivity contribution in [2.75, 3.05) is 24.4 Å². The van der Waals surface area contributed by atoms with Gasteiger partial charge in [-0.2, -0.15) is 0 Å². The van der Waals surface area contributed by atoms with E-state index in [1.165, 1.54) is 25.3 Å². The molecule has 1 atom stereocenters. The Balaban J connectivity index is 2.99. The smallest absolute Gasteiger partial charge is 0.244 e. The maximum atomic E-state index is 12.1. The summed E-state index contributed by atoms with van der Waals surface area (Å²) in [5.41, 5.74) is 0. The van der Waals surface area contributed by atoms with Gasteiger partial charge in [0.15, 0.2) is 0 Å². The molecule has 0 radical (unpaired) electrons. The fourth-order valence-corrected chi connectivity index (χ4v) is 4.12. The van der Waals surface area contributed by atoms with Gasteiger partial charge < -0.3 is 5.32 Å². The van der Waals surface area contributed by atoms with E-state index in [0.717, 1.165) is 6.26 Å². The van der Waals surface area contributed by atoms with E-state index in [0.29, 0.717) is 0 Å². The van der Waals surface area contributed by atoms with Crippen LogP contribution in [0, 0.1) is 0 Å². The molecule has 0 aliphatic heterocycles. The molecule has 1 aromatic heterocycles. The summed E-state index contributed by atoms with van der Waals surface area (Å²) in [6.45, 7) is 1.49. The van der Waals surface area contributed by atoms with Gasteiger partial charge in [0, 0.05) is 25.5 Å². The third-order valence-electron chi connectivity index (χ3n) is 2.21. The van der Waals surface area contributed by atoms with Crippen molar-refractivity contribution in [3.05, 3.63) is 18.3 Å². The summed E-state index contributed by atoms with van der Waals surface area (Å²) in [5, 5.41) is 2.67. The Bertz CT molecular complexity index is 640. The van der Waals surface area contributed by atoms with Crippen LogP contribution in [0.2, 0.25) is 0 Å². The quantitative estimate of drug-likeness (QED) is 0.756. The van der Waals surface area contributed by atoms with Gasteiger partial charge in [0.25, 0.3) is 0 Å². The lowest BCUT2D eigenvalue weighted by atomic mass is 10.4. The minimum absolute atomic E-state index is 0.0159. The first kappa shape index (κ1) is 15.9. The minimum atomic E-state index is -3.81. The summed E-state index contributed by atoms with van der Waals surface area (Å²) < 4.78 is 48.8. The third kappa shape index (κ3) is 4.77. The Kier molecular flexibility index (Phi) is 4.88. The number of hydrogen-bond acceptors (Lipinski definition) is 6. The molecule has 9 heteroatoms. The lowest BCUT2D eigenvalue weighted by Gasteiger charge is -2.14. The molecule has 0 spiro atoms. The predicted octanol–water partition coefficient (Wildman–Crippen LogP) is -0.165. The third-order valence-corrected chi connectivity index (χ3v) is 4.93. The van der Waals surface area contributed by atoms with E-state index in [4.69, 9.17) is 0 Å². The SMILES string of the molecule is CNc1ncccc1S(=O)(=O)NC(C)CS(C)(=O)=O. The van der Waals surface area contributed by atoms with Crippen molar-refractivity contribution in [2.45, 2.75) is 17.9 Å². The van der Waals surface area contributed by atoms with Gasteiger partial charge in [0.2, 0.25) is 10.0 Å². The topological polar surface area (TPSA) is 105 Å². The van der Waals surface area contributed by atoms with Crippen molar-refractivity contribution < 1.29 is 16.8 Å². The van der Waals surface area contributed by atoms with Gasteiger partial charge in [0.05, 0.1) is 5.75 Å². The van der Waals surface area contributed by atoms with E-state index in [-0.39, 0.29) is 16.5 Å². The molecular formula is C10H17N3O4S2. The zero-order valence-electron chi connectivity index (χ0n) is 10.9. The fraction of sp³-hybridized carbons (Fsp3) is 0.500. The highest BCUT2D eigenvalue weighted by Gasteiger charge is 2.22. The van der Waals surface area contributed by atoms with Crippen LogP contribution in [0.25, 0.3) is 0 Å². The molecule has 0 bridgehead atoms. The fourth-order valence-electron chi connectivity index (χ4n) is 1.61. The Hall–Kier alpha value is -1.19. The molecule has 0 saturated carbocycles. The van der Waals surface area contributed by atoms with E-state index in [1.807, 2.05) is 0 Å². The zero-order chi connectivity index (χ0) is 14.7. The van der Waals surface area contributed by atoms with Crippen LogP contribution in [-0.2, 0) is 19.9 Å². The van der Waals surface area contributed by atoms with Crippen molar-refractivity contribution in [1.82, 2.24) is 9.71 Å². The second-order valence-electron chi connectivity index (χ2n) is 4.21. The average molecular weight is 307 g/mol. The molecule has 0 amide bonds. The molecule has 0 aliphatic carbocycles. The Morgan fingerprint density at radius 3 is 2.47 bits per heavy atom. The number of nitrogens with one attached hydrogen (secondary N) is 2. The predicted molar refractivity (Wildman–Crippen MR) is 73.3 cm³/mol. The summed E-state index contributed by atoms with van der Waals surface area (Å²) in [4.78, 5) is 3.88. The lowest BCUT2D eigenvalue weighted by Crippen LogP contribution is -2.37. The van der Waals surface area contributed by atoms with Crippen LogP contribution >= 0.6 is 0 Å². The number of sulfone groups is 1. The van der Waals surface area contributed by atoms with Gasteiger partial charge in [-0.1, -0.05) is 0 Å². The minimum Gasteiger partial charge on any atom is -0.372 e. The standard InChI is InChI=1S/C10H17N3O4S2/c1-8(7-18(3,14)15)13-19(16,17)9-5-4-6-12-10(9)11-2/h4-6,8,13H,7H2,1-3H3,(H,11,12). The number of pyridine rings is 1. The van der Waals surface area contributed by atoms with Crippen LogP contribution in [0.15, 0.2) is 23.2 Å². The molecule has 0 fully saturated rings. The highest BCUT2D eigenvalue weighted by Crippen LogP contribution is 2.17. The van der Waals surface area contributed by atoms with Gasteiger partial charge >= 0.3 is 0 Å². The molecule has 0 aromatic carbocycles. The summed E-state index contributed by atoms with van der Waals surface area (Å²) in [5.74, 6) is -0.0527. The van der Waals surface area contributed by atoms with Crippen LogP contribution in [0.5, 0.6) is 0 Å². The maximum absolute atomic E-state index is 12.1. The molecule has 0 aliphatic rings. The van der Waals surface area contributed by atoms with Gasteiger partial charge in [-0.3, -0.25) is 0 Å². The van der Waals surface area contributed by atoms with Gasteiger partial charge in [-0.25, -0.2) is 26.5 Å². The van der Waals surface area contributed by atoms with Crippen molar-refractivity contribution in [2.24, 2.45) is 0 Å². The number of sulfonamides is 1. The summed E-state index contributed by atoms with van der Waals surface area (Å²) in [6, 6.07) is 2.18. The first-order chi connectivity index (χ1) is 8.65. The molecule has 0 saturated heterocycles. The van der Waals surface area contributed by atoms with Crippen molar-refractivity contribution in [3.8, 4) is 0 Å². The number of aromatic nitrogens is 1. The first-order valence-electron chi connectivity index (χ1n) is 5.48. The molecule has 2 N–H and O–H groups in total. The Morgan fingerprint density at radius 1 is 1.32 bits per heavy atom. The number of nitrogens with zero attached hydrogens (tertiary/aromatic N) is 1. The monoisotopic (exact) mass is 307 g/mol. The molecule has 1 aromatic rings. The summed E-state index contributed by atoms with van der Waals surface area (Å²) in [7, 11) is -5.51. The molecule has 108 valence electrons. The van der Waals surface area contributed by atoms with E-state index in [9.17, 15) is 16.8 Å². The van der Waals surface area contributed by atoms with Crippen molar-refractivity contribution in [3.63, 3.8) is 0 Å². The average Bonchev–Trinajstić information content (AvgIpc) is 2.25. The number of anilines is 1. The van der Waals surface area contributed by atoms with E-state index in [2.05, 4.69) is 15.0 Å². The number of hydrogen-bond donors (Lipinski definition) is 2. The molecule has 19 heavy (non-hydrogen) atoms. The Labute approximate surface area is 113 Å². The van der Waals surface area contributed by atoms with Gasteiger partial charge in [-0.15, -0.1) is 0 Å². The summed E-state index contributed by atoms with van der Waals surface area (Å²) >= 11 is 0. The first-order valence-corrected chi connectivity index (χ1v) is 9.03. The second-order valence-corrected chi connectivity index (χ2v) is 8.08. The zero-order valence-corrected chi connectivity index (χ0v) is 12.5. The van der Waals surface area contributed by atoms with Crippen LogP contribution in [-0.4, -0.2) is 46.9 Å². The summed E-state index contributed by atoms with van der Waals surface area (Å²) in [6.07, 6.45) is 2.52. The molecule has 1 unspecified atom stereocenters. The molecule has 7 nitrogen and oxygen atoms in total. The van der Waals surface area contributed by atoms with Gasteiger partial charge in [0.1, 0.15) is 20.6 Å². The van der Waals surface area contributed by atoms with Crippen LogP contribution < -0.4 is 10.0 Å². The normalized spacial score (nSPS) is 14.1. The second kappa shape index (κ2) is 5.85. The van der Waals surface area contributed by atoms with Gasteiger partial charge in [-0.05, 0) is 19.1 Å². The maximum Gasteiger partial charge on any atom is 0.244 e. The van der Waals surface area contributed by atoms with E-state index >= 15 is 0 Å². The molecule has 1 rings (SSSR count). The van der Waals surface area contributed by atoms with Crippen molar-refractivity contribution >= 4 is 25.7 Å². The molecule has 1 heterocycles. The highest BCUT2D eigenvalue weighted by molar-refractivity contribution is 7.91.